The molecule has 0 aromatic rings. The van der Waals surface area contributed by atoms with E-state index in [2.05, 4.69) is 4.99 Å². The maximum Gasteiger partial charge on any atom is 0.0965 e. The summed E-state index contributed by atoms with van der Waals surface area (Å²) >= 11 is 0. The third-order valence-corrected chi connectivity index (χ3v) is 0.829. The minimum Gasteiger partial charge on any atom is -0.394 e. The Kier molecular flexibility index (Phi) is 4.26. The summed E-state index contributed by atoms with van der Waals surface area (Å²) in [7, 11) is 0. The Morgan fingerprint density at radius 1 is 1.56 bits per heavy atom. The summed E-state index contributed by atoms with van der Waals surface area (Å²) in [5.74, 6) is 0. The van der Waals surface area contributed by atoms with Gasteiger partial charge in [-0.2, -0.15) is 0 Å². The summed E-state index contributed by atoms with van der Waals surface area (Å²) in [4.78, 5) is 3.90. The zero-order valence-electron chi connectivity index (χ0n) is 5.83. The standard InChI is InChI=1S/C6H13NO2/c1-5(2)7-3-6(9)4-8/h6,8-9H,3-4H2,1-2H3. The van der Waals surface area contributed by atoms with Gasteiger partial charge in [-0.1, -0.05) is 0 Å². The first-order chi connectivity index (χ1) is 4.16. The van der Waals surface area contributed by atoms with Gasteiger partial charge >= 0.3 is 0 Å². The van der Waals surface area contributed by atoms with E-state index >= 15 is 0 Å². The van der Waals surface area contributed by atoms with Crippen LogP contribution in [0.1, 0.15) is 13.8 Å². The van der Waals surface area contributed by atoms with Gasteiger partial charge in [0.25, 0.3) is 0 Å². The van der Waals surface area contributed by atoms with Gasteiger partial charge in [-0.25, -0.2) is 0 Å². The highest BCUT2D eigenvalue weighted by atomic mass is 16.3. The number of nitrogens with zero attached hydrogens (tertiary/aromatic N) is 1. The molecule has 0 aromatic carbocycles. The van der Waals surface area contributed by atoms with Crippen molar-refractivity contribution in [3.63, 3.8) is 0 Å². The lowest BCUT2D eigenvalue weighted by Crippen LogP contribution is -2.15. The zero-order chi connectivity index (χ0) is 7.28. The maximum atomic E-state index is 8.75. The Labute approximate surface area is 55.0 Å². The summed E-state index contributed by atoms with van der Waals surface area (Å²) in [6, 6.07) is 0. The number of aliphatic hydroxyl groups excluding tert-OH is 2. The Morgan fingerprint density at radius 3 is 2.44 bits per heavy atom. The van der Waals surface area contributed by atoms with Crippen molar-refractivity contribution in [2.24, 2.45) is 4.99 Å². The molecule has 0 bridgehead atoms. The molecular weight excluding hydrogens is 118 g/mol. The topological polar surface area (TPSA) is 52.8 Å². The third kappa shape index (κ3) is 5.46. The van der Waals surface area contributed by atoms with Gasteiger partial charge in [0.1, 0.15) is 0 Å². The van der Waals surface area contributed by atoms with Gasteiger partial charge in [-0.15, -0.1) is 0 Å². The van der Waals surface area contributed by atoms with E-state index in [4.69, 9.17) is 10.2 Å². The van der Waals surface area contributed by atoms with Gasteiger partial charge in [0.05, 0.1) is 19.3 Å². The molecule has 0 saturated heterocycles. The average molecular weight is 131 g/mol. The van der Waals surface area contributed by atoms with E-state index in [1.54, 1.807) is 0 Å². The molecular formula is C6H13NO2. The van der Waals surface area contributed by atoms with Crippen molar-refractivity contribution in [3.05, 3.63) is 0 Å². The molecule has 0 aliphatic heterocycles. The lowest BCUT2D eigenvalue weighted by atomic mass is 10.4. The van der Waals surface area contributed by atoms with Crippen molar-refractivity contribution < 1.29 is 10.2 Å². The molecule has 9 heavy (non-hydrogen) atoms. The van der Waals surface area contributed by atoms with E-state index in [9.17, 15) is 0 Å². The second-order valence-corrected chi connectivity index (χ2v) is 2.12. The van der Waals surface area contributed by atoms with E-state index in [1.807, 2.05) is 13.8 Å². The van der Waals surface area contributed by atoms with E-state index in [0.29, 0.717) is 6.54 Å². The maximum absolute atomic E-state index is 8.75. The molecule has 0 aromatic heterocycles. The van der Waals surface area contributed by atoms with Crippen molar-refractivity contribution in [2.75, 3.05) is 13.2 Å². The van der Waals surface area contributed by atoms with E-state index in [-0.39, 0.29) is 6.61 Å². The predicted octanol–water partition coefficient (Wildman–Crippen LogP) is -0.180. The quantitative estimate of drug-likeness (QED) is 0.522. The summed E-state index contributed by atoms with van der Waals surface area (Å²) in [6.45, 7) is 3.80. The van der Waals surface area contributed by atoms with Crippen molar-refractivity contribution in [1.29, 1.82) is 0 Å². The molecule has 0 radical (unpaired) electrons. The molecule has 0 fully saturated rings. The number of hydrogen-bond acceptors (Lipinski definition) is 3. The summed E-state index contributed by atoms with van der Waals surface area (Å²) in [6.07, 6.45) is -0.695. The molecule has 1 unspecified atom stereocenters. The highest BCUT2D eigenvalue weighted by molar-refractivity contribution is 5.79. The molecule has 2 N–H and O–H groups in total. The largest absolute Gasteiger partial charge is 0.394 e. The van der Waals surface area contributed by atoms with Crippen LogP contribution in [0.3, 0.4) is 0 Å². The number of aliphatic hydroxyl groups is 2. The lowest BCUT2D eigenvalue weighted by Gasteiger charge is -2.01. The van der Waals surface area contributed by atoms with E-state index < -0.39 is 6.10 Å². The van der Waals surface area contributed by atoms with Crippen LogP contribution in [0.15, 0.2) is 4.99 Å². The molecule has 3 heteroatoms. The van der Waals surface area contributed by atoms with Crippen LogP contribution in [0.5, 0.6) is 0 Å². The van der Waals surface area contributed by atoms with Gasteiger partial charge in [-0.3, -0.25) is 4.99 Å². The molecule has 1 atom stereocenters. The Hall–Kier alpha value is -0.410. The minimum atomic E-state index is -0.695. The molecule has 3 nitrogen and oxygen atoms in total. The molecule has 54 valence electrons. The summed E-state index contributed by atoms with van der Waals surface area (Å²) in [5.41, 5.74) is 0.919. The first-order valence-corrected chi connectivity index (χ1v) is 2.93. The molecule has 0 aliphatic carbocycles. The Bertz CT molecular complexity index is 97.2. The van der Waals surface area contributed by atoms with Crippen LogP contribution in [-0.2, 0) is 0 Å². The van der Waals surface area contributed by atoms with Crippen LogP contribution in [0, 0.1) is 0 Å². The third-order valence-electron chi connectivity index (χ3n) is 0.829. The molecule has 0 saturated carbocycles. The fraction of sp³-hybridized carbons (Fsp3) is 0.833. The number of hydrogen-bond donors (Lipinski definition) is 2. The van der Waals surface area contributed by atoms with Crippen molar-refractivity contribution in [3.8, 4) is 0 Å². The SMILES string of the molecule is CC(C)=NCC(O)CO. The fourth-order valence-electron chi connectivity index (χ4n) is 0.346. The van der Waals surface area contributed by atoms with E-state index in [0.717, 1.165) is 5.71 Å². The number of aliphatic imine (C=N–C) groups is 1. The van der Waals surface area contributed by atoms with Crippen LogP contribution in [0.2, 0.25) is 0 Å². The van der Waals surface area contributed by atoms with Crippen molar-refractivity contribution >= 4 is 5.71 Å². The second-order valence-electron chi connectivity index (χ2n) is 2.12. The predicted molar refractivity (Wildman–Crippen MR) is 36.7 cm³/mol. The first kappa shape index (κ1) is 8.59. The fourth-order valence-corrected chi connectivity index (χ4v) is 0.346. The second kappa shape index (κ2) is 4.47. The van der Waals surface area contributed by atoms with Gasteiger partial charge < -0.3 is 10.2 Å². The molecule has 0 aliphatic rings. The lowest BCUT2D eigenvalue weighted by molar-refractivity contribution is 0.102. The van der Waals surface area contributed by atoms with Crippen LogP contribution >= 0.6 is 0 Å². The highest BCUT2D eigenvalue weighted by Crippen LogP contribution is 1.83. The molecule has 0 rings (SSSR count). The monoisotopic (exact) mass is 131 g/mol. The van der Waals surface area contributed by atoms with Crippen LogP contribution in [0.25, 0.3) is 0 Å². The van der Waals surface area contributed by atoms with E-state index in [1.165, 1.54) is 0 Å². The first-order valence-electron chi connectivity index (χ1n) is 2.93. The molecule has 0 heterocycles. The van der Waals surface area contributed by atoms with Crippen LogP contribution in [0.4, 0.5) is 0 Å². The smallest absolute Gasteiger partial charge is 0.0965 e. The van der Waals surface area contributed by atoms with Crippen LogP contribution in [-0.4, -0.2) is 35.2 Å². The zero-order valence-corrected chi connectivity index (χ0v) is 5.83. The highest BCUT2D eigenvalue weighted by Gasteiger charge is 1.97. The van der Waals surface area contributed by atoms with Crippen LogP contribution < -0.4 is 0 Å². The van der Waals surface area contributed by atoms with Gasteiger partial charge in [0.2, 0.25) is 0 Å². The number of rotatable bonds is 3. The Morgan fingerprint density at radius 2 is 2.11 bits per heavy atom. The van der Waals surface area contributed by atoms with Gasteiger partial charge in [0.15, 0.2) is 0 Å². The normalized spacial score (nSPS) is 12.9. The van der Waals surface area contributed by atoms with Gasteiger partial charge in [-0.05, 0) is 13.8 Å². The van der Waals surface area contributed by atoms with Gasteiger partial charge in [0, 0.05) is 5.71 Å². The van der Waals surface area contributed by atoms with Crippen molar-refractivity contribution in [1.82, 2.24) is 0 Å². The summed E-state index contributed by atoms with van der Waals surface area (Å²) < 4.78 is 0. The Balaban J connectivity index is 3.37. The minimum absolute atomic E-state index is 0.212. The summed E-state index contributed by atoms with van der Waals surface area (Å²) in [5, 5.41) is 17.1. The van der Waals surface area contributed by atoms with Crippen molar-refractivity contribution in [2.45, 2.75) is 20.0 Å². The molecule has 0 spiro atoms. The molecule has 0 amide bonds. The average Bonchev–Trinajstić information content (AvgIpc) is 1.83.